The number of rotatable bonds is 4. The van der Waals surface area contributed by atoms with E-state index in [-0.39, 0.29) is 22.3 Å². The summed E-state index contributed by atoms with van der Waals surface area (Å²) in [6, 6.07) is 12.7. The van der Waals surface area contributed by atoms with Gasteiger partial charge in [-0.3, -0.25) is 10.1 Å². The number of nitro benzene ring substituents is 1. The molecule has 0 N–H and O–H groups in total. The van der Waals surface area contributed by atoms with Crippen LogP contribution < -0.4 is 0 Å². The Morgan fingerprint density at radius 3 is 2.73 bits per heavy atom. The van der Waals surface area contributed by atoms with Gasteiger partial charge in [0.05, 0.1) is 26.6 Å². The molecule has 0 saturated heterocycles. The lowest BCUT2D eigenvalue weighted by atomic mass is 10.1. The van der Waals surface area contributed by atoms with Gasteiger partial charge in [0.2, 0.25) is 0 Å². The van der Waals surface area contributed by atoms with E-state index in [4.69, 9.17) is 10.00 Å². The molecule has 6 nitrogen and oxygen atoms in total. The van der Waals surface area contributed by atoms with Crippen LogP contribution in [-0.2, 0) is 11.3 Å². The van der Waals surface area contributed by atoms with Crippen molar-refractivity contribution in [2.24, 2.45) is 0 Å². The molecule has 0 amide bonds. The predicted molar refractivity (Wildman–Crippen MR) is 81.1 cm³/mol. The normalized spacial score (nSPS) is 9.82. The van der Waals surface area contributed by atoms with Crippen LogP contribution in [0.25, 0.3) is 0 Å². The molecule has 2 aromatic rings. The fourth-order valence-electron chi connectivity index (χ4n) is 1.76. The van der Waals surface area contributed by atoms with Gasteiger partial charge in [0.15, 0.2) is 0 Å². The lowest BCUT2D eigenvalue weighted by Crippen LogP contribution is -2.06. The average Bonchev–Trinajstić information content (AvgIpc) is 2.53. The van der Waals surface area contributed by atoms with Gasteiger partial charge in [0, 0.05) is 11.6 Å². The van der Waals surface area contributed by atoms with Gasteiger partial charge in [0.1, 0.15) is 6.61 Å². The number of esters is 1. The molecule has 2 rings (SSSR count). The molecule has 0 aliphatic carbocycles. The molecule has 0 saturated carbocycles. The van der Waals surface area contributed by atoms with Crippen molar-refractivity contribution in [2.75, 3.05) is 0 Å². The van der Waals surface area contributed by atoms with Gasteiger partial charge in [-0.15, -0.1) is 0 Å². The van der Waals surface area contributed by atoms with Gasteiger partial charge in [-0.05, 0) is 34.1 Å². The van der Waals surface area contributed by atoms with Crippen molar-refractivity contribution in [3.63, 3.8) is 0 Å². The molecule has 0 aliphatic heterocycles. The third-order valence-electron chi connectivity index (χ3n) is 2.88. The first-order valence-corrected chi connectivity index (χ1v) is 6.91. The van der Waals surface area contributed by atoms with Crippen LogP contribution in [0.15, 0.2) is 46.9 Å². The van der Waals surface area contributed by atoms with E-state index in [2.05, 4.69) is 15.9 Å². The summed E-state index contributed by atoms with van der Waals surface area (Å²) in [5.41, 5.74) is 0.846. The number of carbonyl (C=O) groups excluding carboxylic acids is 1. The molecular weight excluding hydrogens is 352 g/mol. The zero-order chi connectivity index (χ0) is 16.1. The Hall–Kier alpha value is -2.72. The molecule has 0 spiro atoms. The molecule has 2 aromatic carbocycles. The molecule has 0 bridgehead atoms. The Morgan fingerprint density at radius 2 is 2.05 bits per heavy atom. The SMILES string of the molecule is N#Cc1ccccc1COC(=O)c1ccc(Br)c([N+](=O)[O-])c1. The van der Waals surface area contributed by atoms with Crippen LogP contribution >= 0.6 is 15.9 Å². The molecule has 0 aliphatic rings. The van der Waals surface area contributed by atoms with Crippen LogP contribution in [0.5, 0.6) is 0 Å². The Balaban J connectivity index is 2.15. The van der Waals surface area contributed by atoms with Crippen LogP contribution in [0.3, 0.4) is 0 Å². The van der Waals surface area contributed by atoms with E-state index in [9.17, 15) is 14.9 Å². The minimum atomic E-state index is -0.691. The summed E-state index contributed by atoms with van der Waals surface area (Å²) in [5, 5.41) is 19.8. The fraction of sp³-hybridized carbons (Fsp3) is 0.0667. The molecule has 0 fully saturated rings. The Morgan fingerprint density at radius 1 is 1.32 bits per heavy atom. The van der Waals surface area contributed by atoms with Gasteiger partial charge in [-0.25, -0.2) is 4.79 Å². The van der Waals surface area contributed by atoms with Crippen LogP contribution in [-0.4, -0.2) is 10.9 Å². The average molecular weight is 361 g/mol. The first kappa shape index (κ1) is 15.7. The molecule has 7 heteroatoms. The zero-order valence-electron chi connectivity index (χ0n) is 11.2. The Bertz CT molecular complexity index is 783. The minimum Gasteiger partial charge on any atom is -0.457 e. The molecule has 110 valence electrons. The highest BCUT2D eigenvalue weighted by Crippen LogP contribution is 2.26. The van der Waals surface area contributed by atoms with E-state index >= 15 is 0 Å². The molecule has 0 aromatic heterocycles. The number of hydrogen-bond donors (Lipinski definition) is 0. The fourth-order valence-corrected chi connectivity index (χ4v) is 2.15. The summed E-state index contributed by atoms with van der Waals surface area (Å²) in [4.78, 5) is 22.2. The van der Waals surface area contributed by atoms with Crippen molar-refractivity contribution >= 4 is 27.6 Å². The highest BCUT2D eigenvalue weighted by molar-refractivity contribution is 9.10. The second kappa shape index (κ2) is 6.83. The molecular formula is C15H9BrN2O4. The number of benzene rings is 2. The monoisotopic (exact) mass is 360 g/mol. The largest absolute Gasteiger partial charge is 0.457 e. The van der Waals surface area contributed by atoms with Crippen molar-refractivity contribution in [3.05, 3.63) is 73.7 Å². The van der Waals surface area contributed by atoms with E-state index in [1.165, 1.54) is 12.1 Å². The maximum absolute atomic E-state index is 12.0. The maximum Gasteiger partial charge on any atom is 0.338 e. The summed E-state index contributed by atoms with van der Waals surface area (Å²) in [5.74, 6) is -0.691. The molecule has 0 atom stereocenters. The van der Waals surface area contributed by atoms with Gasteiger partial charge in [-0.2, -0.15) is 5.26 Å². The summed E-state index contributed by atoms with van der Waals surface area (Å²) in [6.45, 7) is -0.0770. The van der Waals surface area contributed by atoms with Gasteiger partial charge in [0.25, 0.3) is 5.69 Å². The van der Waals surface area contributed by atoms with E-state index < -0.39 is 10.9 Å². The number of carbonyl (C=O) groups is 1. The molecule has 0 radical (unpaired) electrons. The Labute approximate surface area is 134 Å². The van der Waals surface area contributed by atoms with Crippen LogP contribution in [0.1, 0.15) is 21.5 Å². The first-order chi connectivity index (χ1) is 10.5. The van der Waals surface area contributed by atoms with E-state index in [0.717, 1.165) is 6.07 Å². The van der Waals surface area contributed by atoms with E-state index in [1.54, 1.807) is 24.3 Å². The zero-order valence-corrected chi connectivity index (χ0v) is 12.7. The minimum absolute atomic E-state index is 0.0735. The smallest absolute Gasteiger partial charge is 0.338 e. The summed E-state index contributed by atoms with van der Waals surface area (Å²) in [6.07, 6.45) is 0. The number of halogens is 1. The summed E-state index contributed by atoms with van der Waals surface area (Å²) in [7, 11) is 0. The quantitative estimate of drug-likeness (QED) is 0.471. The highest BCUT2D eigenvalue weighted by Gasteiger charge is 2.17. The van der Waals surface area contributed by atoms with Crippen LogP contribution in [0.4, 0.5) is 5.69 Å². The number of nitriles is 1. The number of hydrogen-bond acceptors (Lipinski definition) is 5. The molecule has 0 heterocycles. The second-order valence-electron chi connectivity index (χ2n) is 4.27. The number of nitrogens with zero attached hydrogens (tertiary/aromatic N) is 2. The summed E-state index contributed by atoms with van der Waals surface area (Å²) >= 11 is 3.04. The summed E-state index contributed by atoms with van der Waals surface area (Å²) < 4.78 is 5.38. The predicted octanol–water partition coefficient (Wildman–Crippen LogP) is 3.59. The Kier molecular flexibility index (Phi) is 4.86. The van der Waals surface area contributed by atoms with Crippen molar-refractivity contribution in [1.82, 2.24) is 0 Å². The van der Waals surface area contributed by atoms with E-state index in [0.29, 0.717) is 11.1 Å². The molecule has 22 heavy (non-hydrogen) atoms. The van der Waals surface area contributed by atoms with Gasteiger partial charge >= 0.3 is 5.97 Å². The van der Waals surface area contributed by atoms with Crippen LogP contribution in [0, 0.1) is 21.4 Å². The van der Waals surface area contributed by atoms with Crippen molar-refractivity contribution in [1.29, 1.82) is 5.26 Å². The van der Waals surface area contributed by atoms with Gasteiger partial charge < -0.3 is 4.74 Å². The first-order valence-electron chi connectivity index (χ1n) is 6.12. The van der Waals surface area contributed by atoms with E-state index in [1.807, 2.05) is 6.07 Å². The van der Waals surface area contributed by atoms with Gasteiger partial charge in [-0.1, -0.05) is 18.2 Å². The maximum atomic E-state index is 12.0. The van der Waals surface area contributed by atoms with Crippen molar-refractivity contribution in [3.8, 4) is 6.07 Å². The second-order valence-corrected chi connectivity index (χ2v) is 5.12. The van der Waals surface area contributed by atoms with Crippen molar-refractivity contribution in [2.45, 2.75) is 6.61 Å². The standard InChI is InChI=1S/C15H9BrN2O4/c16-13-6-5-10(7-14(13)18(20)21)15(19)22-9-12-4-2-1-3-11(12)8-17/h1-7H,9H2. The third-order valence-corrected chi connectivity index (χ3v) is 3.55. The lowest BCUT2D eigenvalue weighted by Gasteiger charge is -2.06. The number of ether oxygens (including phenoxy) is 1. The molecule has 0 unspecified atom stereocenters. The van der Waals surface area contributed by atoms with Crippen LogP contribution in [0.2, 0.25) is 0 Å². The third kappa shape index (κ3) is 3.48. The topological polar surface area (TPSA) is 93.2 Å². The highest BCUT2D eigenvalue weighted by atomic mass is 79.9. The lowest BCUT2D eigenvalue weighted by molar-refractivity contribution is -0.385. The number of nitro groups is 1. The van der Waals surface area contributed by atoms with Crippen molar-refractivity contribution < 1.29 is 14.5 Å².